The highest BCUT2D eigenvalue weighted by Crippen LogP contribution is 2.22. The molecule has 2 saturated heterocycles. The minimum atomic E-state index is -0.194. The van der Waals surface area contributed by atoms with E-state index < -0.39 is 0 Å². The van der Waals surface area contributed by atoms with Crippen molar-refractivity contribution < 1.29 is 18.9 Å². The summed E-state index contributed by atoms with van der Waals surface area (Å²) in [5, 5.41) is 7.07. The van der Waals surface area contributed by atoms with Gasteiger partial charge in [0.05, 0.1) is 12.5 Å². The van der Waals surface area contributed by atoms with E-state index in [9.17, 15) is 14.4 Å². The Bertz CT molecular complexity index is 1000. The van der Waals surface area contributed by atoms with E-state index in [-0.39, 0.29) is 30.2 Å². The van der Waals surface area contributed by atoms with Crippen molar-refractivity contribution in [2.75, 3.05) is 51.1 Å². The third-order valence-electron chi connectivity index (χ3n) is 6.10. The van der Waals surface area contributed by atoms with Gasteiger partial charge in [0.25, 0.3) is 5.91 Å². The second kappa shape index (κ2) is 10.4. The monoisotopic (exact) mass is 473 g/mol. The number of likely N-dealkylation sites (tertiary alicyclic amines) is 1. The Morgan fingerprint density at radius 2 is 1.82 bits per heavy atom. The Balaban J connectivity index is 1.25. The van der Waals surface area contributed by atoms with Crippen LogP contribution in [0.1, 0.15) is 29.0 Å². The van der Waals surface area contributed by atoms with Gasteiger partial charge in [0.1, 0.15) is 5.76 Å². The number of carbonyl (C=O) groups is 3. The maximum atomic E-state index is 13.1. The van der Waals surface area contributed by atoms with Crippen LogP contribution in [0, 0.1) is 12.8 Å². The van der Waals surface area contributed by atoms with Gasteiger partial charge in [-0.25, -0.2) is 0 Å². The van der Waals surface area contributed by atoms with Gasteiger partial charge in [0.15, 0.2) is 5.82 Å². The topological polar surface area (TPSA) is 99.0 Å². The lowest BCUT2D eigenvalue weighted by atomic mass is 9.95. The number of carbonyl (C=O) groups excluding carboxylic acids is 3. The third kappa shape index (κ3) is 5.91. The smallest absolute Gasteiger partial charge is 0.253 e. The van der Waals surface area contributed by atoms with Crippen LogP contribution < -0.4 is 5.32 Å². The number of anilines is 1. The quantitative estimate of drug-likeness (QED) is 0.715. The lowest BCUT2D eigenvalue weighted by Gasteiger charge is -2.38. The molecule has 2 fully saturated rings. The summed E-state index contributed by atoms with van der Waals surface area (Å²) in [6.07, 6.45) is 1.58. The average molecular weight is 474 g/mol. The van der Waals surface area contributed by atoms with Gasteiger partial charge in [0.2, 0.25) is 11.8 Å². The van der Waals surface area contributed by atoms with Gasteiger partial charge >= 0.3 is 0 Å². The van der Waals surface area contributed by atoms with Crippen LogP contribution in [-0.4, -0.2) is 83.4 Å². The standard InChI is InChI=1S/C23H28ClN5O4/c1-16-13-20(26-33-16)25-21(30)15-27-9-11-28(12-10-27)23(32)18-3-2-8-29(14-18)22(31)17-4-6-19(24)7-5-17/h4-7,13,18H,2-3,8-12,14-15H2,1H3,(H,25,26,30). The molecule has 4 rings (SSSR count). The molecular formula is C23H28ClN5O4. The molecule has 2 aromatic rings. The van der Waals surface area contributed by atoms with Crippen molar-refractivity contribution >= 4 is 35.1 Å². The summed E-state index contributed by atoms with van der Waals surface area (Å²) in [6, 6.07) is 8.51. The van der Waals surface area contributed by atoms with Crippen LogP contribution in [0.5, 0.6) is 0 Å². The van der Waals surface area contributed by atoms with Gasteiger partial charge in [0, 0.05) is 55.9 Å². The first-order valence-corrected chi connectivity index (χ1v) is 11.6. The van der Waals surface area contributed by atoms with Crippen LogP contribution in [0.4, 0.5) is 5.82 Å². The van der Waals surface area contributed by atoms with Gasteiger partial charge in [-0.3, -0.25) is 19.3 Å². The largest absolute Gasteiger partial charge is 0.360 e. The summed E-state index contributed by atoms with van der Waals surface area (Å²) in [7, 11) is 0. The first-order chi connectivity index (χ1) is 15.9. The number of aromatic nitrogens is 1. The molecule has 33 heavy (non-hydrogen) atoms. The first kappa shape index (κ1) is 23.3. The van der Waals surface area contributed by atoms with Crippen molar-refractivity contribution in [3.8, 4) is 0 Å². The normalized spacial score (nSPS) is 19.4. The van der Waals surface area contributed by atoms with Crippen molar-refractivity contribution in [1.82, 2.24) is 19.9 Å². The number of rotatable bonds is 5. The van der Waals surface area contributed by atoms with Crippen molar-refractivity contribution in [3.63, 3.8) is 0 Å². The van der Waals surface area contributed by atoms with Gasteiger partial charge < -0.3 is 19.6 Å². The van der Waals surface area contributed by atoms with Gasteiger partial charge in [-0.1, -0.05) is 16.8 Å². The number of piperidine rings is 1. The molecule has 1 N–H and O–H groups in total. The van der Waals surface area contributed by atoms with Crippen LogP contribution in [0.25, 0.3) is 0 Å². The molecule has 0 saturated carbocycles. The number of piperazine rings is 1. The van der Waals surface area contributed by atoms with E-state index in [0.29, 0.717) is 61.4 Å². The van der Waals surface area contributed by atoms with Crippen LogP contribution in [-0.2, 0) is 9.59 Å². The van der Waals surface area contributed by atoms with Gasteiger partial charge in [-0.05, 0) is 44.0 Å². The Labute approximate surface area is 197 Å². The van der Waals surface area contributed by atoms with Crippen molar-refractivity contribution in [2.24, 2.45) is 5.92 Å². The molecule has 0 bridgehead atoms. The summed E-state index contributed by atoms with van der Waals surface area (Å²) >= 11 is 5.92. The molecule has 10 heteroatoms. The van der Waals surface area contributed by atoms with Crippen molar-refractivity contribution in [3.05, 3.63) is 46.7 Å². The SMILES string of the molecule is Cc1cc(NC(=O)CN2CCN(C(=O)C3CCCN(C(=O)c4ccc(Cl)cc4)C3)CC2)no1. The van der Waals surface area contributed by atoms with E-state index in [0.717, 1.165) is 12.8 Å². The number of hydrogen-bond acceptors (Lipinski definition) is 6. The van der Waals surface area contributed by atoms with E-state index in [2.05, 4.69) is 10.5 Å². The zero-order valence-corrected chi connectivity index (χ0v) is 19.4. The summed E-state index contributed by atoms with van der Waals surface area (Å²) in [6.45, 7) is 5.46. The molecule has 176 valence electrons. The molecule has 1 aromatic heterocycles. The fourth-order valence-corrected chi connectivity index (χ4v) is 4.46. The molecule has 3 amide bonds. The number of halogens is 1. The lowest BCUT2D eigenvalue weighted by Crippen LogP contribution is -2.54. The van der Waals surface area contributed by atoms with Gasteiger partial charge in [-0.2, -0.15) is 0 Å². The summed E-state index contributed by atoms with van der Waals surface area (Å²) < 4.78 is 4.95. The van der Waals surface area contributed by atoms with Crippen molar-refractivity contribution in [2.45, 2.75) is 19.8 Å². The zero-order chi connectivity index (χ0) is 23.4. The molecular weight excluding hydrogens is 446 g/mol. The number of amides is 3. The second-order valence-corrected chi connectivity index (χ2v) is 9.01. The van der Waals surface area contributed by atoms with E-state index in [4.69, 9.17) is 16.1 Å². The van der Waals surface area contributed by atoms with E-state index >= 15 is 0 Å². The summed E-state index contributed by atoms with van der Waals surface area (Å²) in [5.41, 5.74) is 0.583. The number of benzene rings is 1. The molecule has 0 radical (unpaired) electrons. The minimum absolute atomic E-state index is 0.0673. The number of aryl methyl sites for hydroxylation is 1. The van der Waals surface area contributed by atoms with Crippen molar-refractivity contribution in [1.29, 1.82) is 0 Å². The highest BCUT2D eigenvalue weighted by Gasteiger charge is 2.33. The Hall–Kier alpha value is -2.91. The zero-order valence-electron chi connectivity index (χ0n) is 18.6. The Morgan fingerprint density at radius 1 is 1.09 bits per heavy atom. The van der Waals surface area contributed by atoms with Crippen LogP contribution in [0.2, 0.25) is 5.02 Å². The van der Waals surface area contributed by atoms with Gasteiger partial charge in [-0.15, -0.1) is 0 Å². The number of nitrogens with one attached hydrogen (secondary N) is 1. The van der Waals surface area contributed by atoms with Crippen LogP contribution >= 0.6 is 11.6 Å². The summed E-state index contributed by atoms with van der Waals surface area (Å²) in [4.78, 5) is 43.8. The maximum absolute atomic E-state index is 13.1. The molecule has 2 aliphatic heterocycles. The number of nitrogens with zero attached hydrogens (tertiary/aromatic N) is 4. The predicted octanol–water partition coefficient (Wildman–Crippen LogP) is 2.27. The Morgan fingerprint density at radius 3 is 2.48 bits per heavy atom. The van der Waals surface area contributed by atoms with E-state index in [1.807, 2.05) is 9.80 Å². The van der Waals surface area contributed by atoms with Crippen LogP contribution in [0.3, 0.4) is 0 Å². The molecule has 1 aromatic carbocycles. The fraction of sp³-hybridized carbons (Fsp3) is 0.478. The van der Waals surface area contributed by atoms with E-state index in [1.165, 1.54) is 0 Å². The second-order valence-electron chi connectivity index (χ2n) is 8.57. The molecule has 2 aliphatic rings. The molecule has 3 heterocycles. The summed E-state index contributed by atoms with van der Waals surface area (Å²) in [5.74, 6) is 0.704. The lowest BCUT2D eigenvalue weighted by molar-refractivity contribution is -0.138. The van der Waals surface area contributed by atoms with Crippen LogP contribution in [0.15, 0.2) is 34.9 Å². The van der Waals surface area contributed by atoms with E-state index in [1.54, 1.807) is 42.2 Å². The first-order valence-electron chi connectivity index (χ1n) is 11.2. The molecule has 1 unspecified atom stereocenters. The molecule has 0 spiro atoms. The number of hydrogen-bond donors (Lipinski definition) is 1. The Kier molecular flexibility index (Phi) is 7.29. The fourth-order valence-electron chi connectivity index (χ4n) is 4.33. The third-order valence-corrected chi connectivity index (χ3v) is 6.35. The predicted molar refractivity (Wildman–Crippen MR) is 123 cm³/mol. The molecule has 1 atom stereocenters. The molecule has 9 nitrogen and oxygen atoms in total. The minimum Gasteiger partial charge on any atom is -0.360 e. The maximum Gasteiger partial charge on any atom is 0.253 e. The highest BCUT2D eigenvalue weighted by molar-refractivity contribution is 6.30. The molecule has 0 aliphatic carbocycles. The average Bonchev–Trinajstić information content (AvgIpc) is 3.23. The highest BCUT2D eigenvalue weighted by atomic mass is 35.5.